The first-order valence-corrected chi connectivity index (χ1v) is 8.43. The molecule has 1 N–H and O–H groups in total. The van der Waals surface area contributed by atoms with Gasteiger partial charge in [0, 0.05) is 11.1 Å². The number of para-hydroxylation sites is 1. The number of hydrogen-bond donors (Lipinski definition) is 1. The van der Waals surface area contributed by atoms with Gasteiger partial charge in [0.15, 0.2) is 0 Å². The zero-order chi connectivity index (χ0) is 19.2. The van der Waals surface area contributed by atoms with Gasteiger partial charge in [0.1, 0.15) is 23.9 Å². The maximum Gasteiger partial charge on any atom is 0.276 e. The normalized spacial score (nSPS) is 10.4. The number of ether oxygens (including phenoxy) is 1. The highest BCUT2D eigenvalue weighted by molar-refractivity contribution is 6.30. The maximum absolute atomic E-state index is 13.8. The van der Waals surface area contributed by atoms with Crippen molar-refractivity contribution in [2.75, 3.05) is 11.9 Å². The van der Waals surface area contributed by atoms with Crippen LogP contribution in [0.15, 0.2) is 65.5 Å². The Morgan fingerprint density at radius 3 is 2.67 bits per heavy atom. The second-order valence-electron chi connectivity index (χ2n) is 5.52. The first-order valence-electron chi connectivity index (χ1n) is 8.05. The molecule has 0 fully saturated rings. The third-order valence-corrected chi connectivity index (χ3v) is 3.83. The van der Waals surface area contributed by atoms with E-state index in [0.29, 0.717) is 5.75 Å². The van der Waals surface area contributed by atoms with Crippen LogP contribution in [-0.4, -0.2) is 22.3 Å². The van der Waals surface area contributed by atoms with E-state index >= 15 is 0 Å². The van der Waals surface area contributed by atoms with E-state index in [1.54, 1.807) is 12.1 Å². The van der Waals surface area contributed by atoms with Gasteiger partial charge in [-0.25, -0.2) is 9.07 Å². The number of anilines is 1. The predicted octanol–water partition coefficient (Wildman–Crippen LogP) is 3.37. The molecule has 3 rings (SSSR count). The average Bonchev–Trinajstić information content (AvgIpc) is 2.66. The van der Waals surface area contributed by atoms with Gasteiger partial charge in [0.05, 0.1) is 12.2 Å². The van der Waals surface area contributed by atoms with Crippen LogP contribution in [0.4, 0.5) is 10.1 Å². The highest BCUT2D eigenvalue weighted by Gasteiger charge is 2.13. The molecule has 0 atom stereocenters. The van der Waals surface area contributed by atoms with Gasteiger partial charge in [-0.2, -0.15) is 5.10 Å². The molecule has 0 unspecified atom stereocenters. The van der Waals surface area contributed by atoms with Crippen molar-refractivity contribution >= 4 is 23.2 Å². The fourth-order valence-corrected chi connectivity index (χ4v) is 2.43. The lowest BCUT2D eigenvalue weighted by atomic mass is 10.3. The van der Waals surface area contributed by atoms with Crippen LogP contribution in [0.2, 0.25) is 5.02 Å². The number of halogens is 2. The molecule has 0 aliphatic rings. The Balaban J connectivity index is 1.68. The molecule has 0 saturated heterocycles. The average molecular weight is 388 g/mol. The Morgan fingerprint density at radius 1 is 1.15 bits per heavy atom. The fraction of sp³-hybridized carbons (Fsp3) is 0.105. The Hall–Kier alpha value is -3.19. The van der Waals surface area contributed by atoms with Crippen LogP contribution >= 0.6 is 11.6 Å². The summed E-state index contributed by atoms with van der Waals surface area (Å²) in [5, 5.41) is 6.63. The third kappa shape index (κ3) is 4.92. The van der Waals surface area contributed by atoms with E-state index in [0.717, 1.165) is 10.7 Å². The number of benzene rings is 2. The van der Waals surface area contributed by atoms with Crippen LogP contribution in [0.1, 0.15) is 10.5 Å². The Labute approximate surface area is 159 Å². The van der Waals surface area contributed by atoms with E-state index in [4.69, 9.17) is 16.3 Å². The lowest BCUT2D eigenvalue weighted by Crippen LogP contribution is -2.28. The van der Waals surface area contributed by atoms with Crippen molar-refractivity contribution in [3.63, 3.8) is 0 Å². The van der Waals surface area contributed by atoms with Crippen molar-refractivity contribution in [1.82, 2.24) is 9.78 Å². The van der Waals surface area contributed by atoms with E-state index < -0.39 is 11.7 Å². The van der Waals surface area contributed by atoms with Crippen LogP contribution in [0.5, 0.6) is 5.75 Å². The molecule has 0 spiro atoms. The zero-order valence-electron chi connectivity index (χ0n) is 14.1. The summed E-state index contributed by atoms with van der Waals surface area (Å²) in [5.41, 5.74) is -0.430. The molecule has 6 nitrogen and oxygen atoms in total. The van der Waals surface area contributed by atoms with Crippen molar-refractivity contribution in [1.29, 1.82) is 0 Å². The van der Waals surface area contributed by atoms with Gasteiger partial charge in [-0.15, -0.1) is 0 Å². The summed E-state index contributed by atoms with van der Waals surface area (Å²) in [7, 11) is 0. The molecule has 0 radical (unpaired) electrons. The zero-order valence-corrected chi connectivity index (χ0v) is 14.8. The molecule has 2 aromatic carbocycles. The van der Waals surface area contributed by atoms with Crippen LogP contribution < -0.4 is 15.6 Å². The lowest BCUT2D eigenvalue weighted by Gasteiger charge is -2.09. The molecule has 1 heterocycles. The minimum atomic E-state index is -0.666. The van der Waals surface area contributed by atoms with Crippen molar-refractivity contribution in [2.45, 2.75) is 6.54 Å². The van der Waals surface area contributed by atoms with E-state index in [9.17, 15) is 14.0 Å². The lowest BCUT2D eigenvalue weighted by molar-refractivity contribution is 0.101. The summed E-state index contributed by atoms with van der Waals surface area (Å²) < 4.78 is 20.5. The van der Waals surface area contributed by atoms with Gasteiger partial charge in [-0.3, -0.25) is 9.59 Å². The molecule has 8 heteroatoms. The van der Waals surface area contributed by atoms with Gasteiger partial charge >= 0.3 is 0 Å². The number of carbonyl (C=O) groups is 1. The fourth-order valence-electron chi connectivity index (χ4n) is 2.27. The molecule has 1 amide bonds. The summed E-state index contributed by atoms with van der Waals surface area (Å²) >= 11 is 5.69. The summed E-state index contributed by atoms with van der Waals surface area (Å²) in [6, 6.07) is 15.5. The van der Waals surface area contributed by atoms with E-state index in [-0.39, 0.29) is 35.1 Å². The van der Waals surface area contributed by atoms with E-state index in [1.807, 2.05) is 18.2 Å². The largest absolute Gasteiger partial charge is 0.492 e. The van der Waals surface area contributed by atoms with Crippen LogP contribution in [0, 0.1) is 5.82 Å². The van der Waals surface area contributed by atoms with Crippen molar-refractivity contribution in [3.8, 4) is 5.75 Å². The SMILES string of the molecule is O=C(Nc1ccc(Cl)cc1F)c1ccc(=O)n(CCOc2ccccc2)n1. The van der Waals surface area contributed by atoms with Crippen molar-refractivity contribution in [3.05, 3.63) is 87.6 Å². The van der Waals surface area contributed by atoms with Gasteiger partial charge in [-0.1, -0.05) is 29.8 Å². The molecule has 138 valence electrons. The van der Waals surface area contributed by atoms with Crippen LogP contribution in [0.3, 0.4) is 0 Å². The van der Waals surface area contributed by atoms with Gasteiger partial charge < -0.3 is 10.1 Å². The number of carbonyl (C=O) groups excluding carboxylic acids is 1. The second-order valence-corrected chi connectivity index (χ2v) is 5.96. The number of nitrogens with zero attached hydrogens (tertiary/aromatic N) is 2. The Bertz CT molecular complexity index is 1010. The number of amides is 1. The minimum absolute atomic E-state index is 0.0244. The number of hydrogen-bond acceptors (Lipinski definition) is 4. The maximum atomic E-state index is 13.8. The second kappa shape index (κ2) is 8.46. The molecular weight excluding hydrogens is 373 g/mol. The summed E-state index contributed by atoms with van der Waals surface area (Å²) in [6.07, 6.45) is 0. The Morgan fingerprint density at radius 2 is 1.93 bits per heavy atom. The molecule has 27 heavy (non-hydrogen) atoms. The molecule has 0 saturated carbocycles. The Kier molecular flexibility index (Phi) is 5.83. The van der Waals surface area contributed by atoms with E-state index in [1.165, 1.54) is 24.3 Å². The first-order chi connectivity index (χ1) is 13.0. The number of aromatic nitrogens is 2. The molecule has 0 aliphatic carbocycles. The standard InChI is InChI=1S/C19H15ClFN3O3/c20-13-6-7-16(15(21)12-13)22-19(26)17-8-9-18(25)24(23-17)10-11-27-14-4-2-1-3-5-14/h1-9,12H,10-11H2,(H,22,26). The first kappa shape index (κ1) is 18.6. The summed E-state index contributed by atoms with van der Waals surface area (Å²) in [4.78, 5) is 24.2. The summed E-state index contributed by atoms with van der Waals surface area (Å²) in [5.74, 6) is -0.646. The smallest absolute Gasteiger partial charge is 0.276 e. The van der Waals surface area contributed by atoms with E-state index in [2.05, 4.69) is 10.4 Å². The quantitative estimate of drug-likeness (QED) is 0.703. The molecule has 1 aromatic heterocycles. The van der Waals surface area contributed by atoms with Crippen LogP contribution in [0.25, 0.3) is 0 Å². The van der Waals surface area contributed by atoms with Crippen molar-refractivity contribution in [2.24, 2.45) is 0 Å². The summed E-state index contributed by atoms with van der Waals surface area (Å²) in [6.45, 7) is 0.359. The van der Waals surface area contributed by atoms with Gasteiger partial charge in [0.2, 0.25) is 0 Å². The van der Waals surface area contributed by atoms with Gasteiger partial charge in [-0.05, 0) is 36.4 Å². The highest BCUT2D eigenvalue weighted by Crippen LogP contribution is 2.19. The predicted molar refractivity (Wildman–Crippen MR) is 99.8 cm³/mol. The number of rotatable bonds is 6. The minimum Gasteiger partial charge on any atom is -0.492 e. The van der Waals surface area contributed by atoms with Crippen LogP contribution in [-0.2, 0) is 6.54 Å². The molecule has 0 bridgehead atoms. The van der Waals surface area contributed by atoms with Crippen molar-refractivity contribution < 1.29 is 13.9 Å². The third-order valence-electron chi connectivity index (χ3n) is 3.59. The topological polar surface area (TPSA) is 73.2 Å². The number of nitrogens with one attached hydrogen (secondary N) is 1. The molecular formula is C19H15ClFN3O3. The van der Waals surface area contributed by atoms with Gasteiger partial charge in [0.25, 0.3) is 11.5 Å². The monoisotopic (exact) mass is 387 g/mol. The molecule has 0 aliphatic heterocycles. The molecule has 3 aromatic rings. The highest BCUT2D eigenvalue weighted by atomic mass is 35.5.